The molecule has 33 heavy (non-hydrogen) atoms. The second-order valence-corrected chi connectivity index (χ2v) is 10.7. The number of benzene rings is 2. The van der Waals surface area contributed by atoms with E-state index in [2.05, 4.69) is 0 Å². The lowest BCUT2D eigenvalue weighted by Gasteiger charge is -2.35. The highest BCUT2D eigenvalue weighted by Crippen LogP contribution is 2.32. The summed E-state index contributed by atoms with van der Waals surface area (Å²) >= 11 is 0. The first-order chi connectivity index (χ1) is 15.8. The van der Waals surface area contributed by atoms with Crippen molar-refractivity contribution in [3.63, 3.8) is 0 Å². The number of sulfonamides is 1. The van der Waals surface area contributed by atoms with Crippen molar-refractivity contribution >= 4 is 21.6 Å². The quantitative estimate of drug-likeness (QED) is 0.680. The van der Waals surface area contributed by atoms with Crippen LogP contribution in [0.2, 0.25) is 0 Å². The zero-order valence-corrected chi connectivity index (χ0v) is 19.8. The highest BCUT2D eigenvalue weighted by atomic mass is 32.2. The van der Waals surface area contributed by atoms with Crippen LogP contribution in [-0.2, 0) is 26.1 Å². The second kappa shape index (κ2) is 9.79. The van der Waals surface area contributed by atoms with Crippen molar-refractivity contribution < 1.29 is 22.3 Å². The van der Waals surface area contributed by atoms with E-state index in [1.807, 2.05) is 17.0 Å². The largest absolute Gasteiger partial charge is 0.378 e. The lowest BCUT2D eigenvalue weighted by atomic mass is 10.1. The Balaban J connectivity index is 1.54. The standard InChI is InChI=1S/C24H30FN3O4S/c1-18-16-32-17-24(20-6-4-3-5-7-20)33(30,31)28(18)15-21-8-9-22(14-23(21)25)27-12-10-26(11-13-27)19(2)29/h3-9,14,18,24H,10-13,15-17H2,1-2H3/t18-,24?/m0/s1. The van der Waals surface area contributed by atoms with Crippen LogP contribution >= 0.6 is 0 Å². The number of nitrogens with zero attached hydrogens (tertiary/aromatic N) is 3. The number of piperazine rings is 1. The highest BCUT2D eigenvalue weighted by molar-refractivity contribution is 7.89. The fourth-order valence-electron chi connectivity index (χ4n) is 4.42. The number of hydrogen-bond acceptors (Lipinski definition) is 5. The van der Waals surface area contributed by atoms with E-state index < -0.39 is 27.1 Å². The van der Waals surface area contributed by atoms with E-state index in [0.717, 1.165) is 5.69 Å². The predicted molar refractivity (Wildman–Crippen MR) is 125 cm³/mol. The molecule has 0 spiro atoms. The minimum absolute atomic E-state index is 0.0433. The number of rotatable bonds is 4. The Kier molecular flexibility index (Phi) is 7.02. The van der Waals surface area contributed by atoms with Crippen molar-refractivity contribution in [2.24, 2.45) is 0 Å². The molecule has 0 saturated carbocycles. The maximum absolute atomic E-state index is 15.1. The van der Waals surface area contributed by atoms with Gasteiger partial charge in [-0.3, -0.25) is 4.79 Å². The summed E-state index contributed by atoms with van der Waals surface area (Å²) in [5.74, 6) is -0.396. The van der Waals surface area contributed by atoms with Crippen molar-refractivity contribution in [2.75, 3.05) is 44.3 Å². The molecule has 2 atom stereocenters. The second-order valence-electron chi connectivity index (χ2n) is 8.64. The number of ether oxygens (including phenoxy) is 1. The summed E-state index contributed by atoms with van der Waals surface area (Å²) in [6, 6.07) is 13.5. The highest BCUT2D eigenvalue weighted by Gasteiger charge is 2.39. The van der Waals surface area contributed by atoms with Gasteiger partial charge in [0.15, 0.2) is 0 Å². The van der Waals surface area contributed by atoms with Gasteiger partial charge >= 0.3 is 0 Å². The zero-order valence-electron chi connectivity index (χ0n) is 19.0. The number of amides is 1. The molecule has 2 heterocycles. The van der Waals surface area contributed by atoms with Gasteiger partial charge in [0.2, 0.25) is 15.9 Å². The molecule has 2 aromatic rings. The molecule has 2 fully saturated rings. The van der Waals surface area contributed by atoms with Crippen molar-refractivity contribution in [2.45, 2.75) is 31.7 Å². The molecule has 2 aliphatic heterocycles. The van der Waals surface area contributed by atoms with Crippen LogP contribution in [0.25, 0.3) is 0 Å². The molecule has 0 radical (unpaired) electrons. The lowest BCUT2D eigenvalue weighted by Crippen LogP contribution is -2.48. The van der Waals surface area contributed by atoms with E-state index in [9.17, 15) is 13.2 Å². The molecule has 1 unspecified atom stereocenters. The molecule has 0 bridgehead atoms. The van der Waals surface area contributed by atoms with Crippen LogP contribution in [0.15, 0.2) is 48.5 Å². The maximum atomic E-state index is 15.1. The van der Waals surface area contributed by atoms with E-state index >= 15 is 4.39 Å². The van der Waals surface area contributed by atoms with Crippen molar-refractivity contribution in [1.29, 1.82) is 0 Å². The van der Waals surface area contributed by atoms with Gasteiger partial charge in [0, 0.05) is 56.9 Å². The third-order valence-electron chi connectivity index (χ3n) is 6.43. The molecule has 2 aromatic carbocycles. The van der Waals surface area contributed by atoms with Crippen LogP contribution in [-0.4, -0.2) is 69.0 Å². The average Bonchev–Trinajstić information content (AvgIpc) is 2.91. The topological polar surface area (TPSA) is 70.2 Å². The Labute approximate surface area is 194 Å². The predicted octanol–water partition coefficient (Wildman–Crippen LogP) is 2.79. The van der Waals surface area contributed by atoms with E-state index in [4.69, 9.17) is 4.74 Å². The van der Waals surface area contributed by atoms with Crippen molar-refractivity contribution in [3.05, 3.63) is 65.5 Å². The first kappa shape index (κ1) is 23.7. The minimum Gasteiger partial charge on any atom is -0.378 e. The molecule has 2 saturated heterocycles. The van der Waals surface area contributed by atoms with Crippen molar-refractivity contribution in [1.82, 2.24) is 9.21 Å². The summed E-state index contributed by atoms with van der Waals surface area (Å²) < 4.78 is 49.3. The van der Waals surface area contributed by atoms with Gasteiger partial charge in [-0.2, -0.15) is 4.31 Å². The fourth-order valence-corrected chi connectivity index (χ4v) is 6.40. The Bertz CT molecular complexity index is 1090. The van der Waals surface area contributed by atoms with Gasteiger partial charge in [-0.1, -0.05) is 36.4 Å². The monoisotopic (exact) mass is 475 g/mol. The molecule has 178 valence electrons. The number of hydrogen-bond donors (Lipinski definition) is 0. The Morgan fingerprint density at radius 2 is 1.76 bits per heavy atom. The van der Waals surface area contributed by atoms with Gasteiger partial charge in [-0.15, -0.1) is 0 Å². The molecule has 0 aliphatic carbocycles. The first-order valence-corrected chi connectivity index (χ1v) is 12.7. The van der Waals surface area contributed by atoms with Crippen LogP contribution in [0.1, 0.15) is 30.2 Å². The number of carbonyl (C=O) groups excluding carboxylic acids is 1. The van der Waals surface area contributed by atoms with E-state index in [1.54, 1.807) is 49.1 Å². The van der Waals surface area contributed by atoms with Gasteiger partial charge in [-0.25, -0.2) is 12.8 Å². The summed E-state index contributed by atoms with van der Waals surface area (Å²) in [5, 5.41) is -0.830. The zero-order chi connectivity index (χ0) is 23.6. The summed E-state index contributed by atoms with van der Waals surface area (Å²) in [6.07, 6.45) is 0. The Morgan fingerprint density at radius 1 is 1.06 bits per heavy atom. The third kappa shape index (κ3) is 5.05. The molecule has 9 heteroatoms. The number of carbonyl (C=O) groups is 1. The van der Waals surface area contributed by atoms with Gasteiger partial charge in [0.1, 0.15) is 11.1 Å². The first-order valence-electron chi connectivity index (χ1n) is 11.2. The fraction of sp³-hybridized carbons (Fsp3) is 0.458. The molecule has 2 aliphatic rings. The summed E-state index contributed by atoms with van der Waals surface area (Å²) in [6.45, 7) is 6.06. The average molecular weight is 476 g/mol. The van der Waals surface area contributed by atoms with Crippen LogP contribution in [0, 0.1) is 5.82 Å². The Hall–Kier alpha value is -2.49. The van der Waals surface area contributed by atoms with Gasteiger partial charge in [0.25, 0.3) is 0 Å². The summed E-state index contributed by atoms with van der Waals surface area (Å²) in [7, 11) is -3.77. The van der Waals surface area contributed by atoms with Crippen LogP contribution < -0.4 is 4.90 Å². The third-order valence-corrected chi connectivity index (χ3v) is 8.70. The smallest absolute Gasteiger partial charge is 0.224 e. The normalized spacial score (nSPS) is 23.8. The lowest BCUT2D eigenvalue weighted by molar-refractivity contribution is -0.129. The SMILES string of the molecule is CC(=O)N1CCN(c2ccc(CN3[C@@H](C)COCC(c4ccccc4)S3(=O)=O)c(F)c2)CC1. The van der Waals surface area contributed by atoms with Crippen LogP contribution in [0.5, 0.6) is 0 Å². The maximum Gasteiger partial charge on any atom is 0.224 e. The van der Waals surface area contributed by atoms with Gasteiger partial charge < -0.3 is 14.5 Å². The molecule has 0 aromatic heterocycles. The van der Waals surface area contributed by atoms with E-state index in [-0.39, 0.29) is 25.7 Å². The molecule has 4 rings (SSSR count). The number of halogens is 1. The summed E-state index contributed by atoms with van der Waals surface area (Å²) in [4.78, 5) is 15.3. The van der Waals surface area contributed by atoms with Crippen LogP contribution in [0.3, 0.4) is 0 Å². The van der Waals surface area contributed by atoms with E-state index in [1.165, 1.54) is 10.4 Å². The molecular weight excluding hydrogens is 445 g/mol. The van der Waals surface area contributed by atoms with E-state index in [0.29, 0.717) is 37.3 Å². The molecule has 1 amide bonds. The molecular formula is C24H30FN3O4S. The van der Waals surface area contributed by atoms with Gasteiger partial charge in [-0.05, 0) is 24.6 Å². The minimum atomic E-state index is -3.77. The molecule has 0 N–H and O–H groups in total. The van der Waals surface area contributed by atoms with Crippen LogP contribution in [0.4, 0.5) is 10.1 Å². The summed E-state index contributed by atoms with van der Waals surface area (Å²) in [5.41, 5.74) is 1.72. The Morgan fingerprint density at radius 3 is 2.39 bits per heavy atom. The molecule has 7 nitrogen and oxygen atoms in total. The van der Waals surface area contributed by atoms with Crippen molar-refractivity contribution in [3.8, 4) is 0 Å². The number of anilines is 1. The van der Waals surface area contributed by atoms with Gasteiger partial charge in [0.05, 0.1) is 13.2 Å².